The number of ether oxygens (including phenoxy) is 1. The van der Waals surface area contributed by atoms with E-state index >= 15 is 0 Å². The quantitative estimate of drug-likeness (QED) is 0.532. The van der Waals surface area contributed by atoms with Crippen LogP contribution in [0.1, 0.15) is 27.9 Å². The maximum Gasteiger partial charge on any atom is 0.143 e. The van der Waals surface area contributed by atoms with E-state index in [4.69, 9.17) is 4.74 Å². The number of aromatic nitrogens is 1. The Morgan fingerprint density at radius 1 is 0.833 bits per heavy atom. The lowest BCUT2D eigenvalue weighted by Crippen LogP contribution is -2.26. The van der Waals surface area contributed by atoms with Gasteiger partial charge in [0.25, 0.3) is 0 Å². The SMILES string of the molecule is Cc1cc(C)c(N2C=CN(c3c(C)cccc3OCCc3ccccn3)C2)c(C)c1. The van der Waals surface area contributed by atoms with Crippen molar-refractivity contribution in [2.75, 3.05) is 23.1 Å². The largest absolute Gasteiger partial charge is 0.491 e. The van der Waals surface area contributed by atoms with Gasteiger partial charge in [0.15, 0.2) is 0 Å². The molecule has 0 amide bonds. The zero-order valence-electron chi connectivity index (χ0n) is 18.2. The lowest BCUT2D eigenvalue weighted by atomic mass is 10.0. The van der Waals surface area contributed by atoms with Crippen LogP contribution in [0.15, 0.2) is 67.1 Å². The van der Waals surface area contributed by atoms with Gasteiger partial charge in [-0.2, -0.15) is 0 Å². The number of nitrogens with zero attached hydrogens (tertiary/aromatic N) is 3. The minimum Gasteiger partial charge on any atom is -0.491 e. The molecule has 0 unspecified atom stereocenters. The van der Waals surface area contributed by atoms with E-state index in [1.807, 2.05) is 24.4 Å². The van der Waals surface area contributed by atoms with Gasteiger partial charge in [-0.15, -0.1) is 0 Å². The fourth-order valence-electron chi connectivity index (χ4n) is 4.26. The minimum absolute atomic E-state index is 0.602. The smallest absolute Gasteiger partial charge is 0.143 e. The summed E-state index contributed by atoms with van der Waals surface area (Å²) in [5.74, 6) is 0.912. The van der Waals surface area contributed by atoms with Crippen LogP contribution in [0.3, 0.4) is 0 Å². The Bertz CT molecular complexity index is 1040. The van der Waals surface area contributed by atoms with E-state index in [0.717, 1.165) is 30.2 Å². The van der Waals surface area contributed by atoms with E-state index in [2.05, 4.69) is 85.2 Å². The van der Waals surface area contributed by atoms with Crippen molar-refractivity contribution in [1.82, 2.24) is 4.98 Å². The van der Waals surface area contributed by atoms with Gasteiger partial charge in [0.05, 0.1) is 19.0 Å². The fraction of sp³-hybridized carbons (Fsp3) is 0.269. The van der Waals surface area contributed by atoms with Crippen LogP contribution in [0.2, 0.25) is 0 Å². The molecule has 0 radical (unpaired) electrons. The molecule has 1 aliphatic heterocycles. The van der Waals surface area contributed by atoms with E-state index in [1.54, 1.807) is 0 Å². The molecule has 0 atom stereocenters. The van der Waals surface area contributed by atoms with Crippen LogP contribution in [0.5, 0.6) is 5.75 Å². The fourth-order valence-corrected chi connectivity index (χ4v) is 4.26. The molecule has 4 nitrogen and oxygen atoms in total. The first-order chi connectivity index (χ1) is 14.5. The topological polar surface area (TPSA) is 28.6 Å². The van der Waals surface area contributed by atoms with Gasteiger partial charge in [0.1, 0.15) is 5.75 Å². The molecule has 0 aliphatic carbocycles. The molecule has 3 aromatic rings. The van der Waals surface area contributed by atoms with E-state index < -0.39 is 0 Å². The second kappa shape index (κ2) is 8.62. The van der Waals surface area contributed by atoms with Crippen LogP contribution >= 0.6 is 0 Å². The summed E-state index contributed by atoms with van der Waals surface area (Å²) >= 11 is 0. The predicted molar refractivity (Wildman–Crippen MR) is 124 cm³/mol. The Hall–Kier alpha value is -3.27. The third-order valence-corrected chi connectivity index (χ3v) is 5.48. The summed E-state index contributed by atoms with van der Waals surface area (Å²) < 4.78 is 6.20. The van der Waals surface area contributed by atoms with Crippen molar-refractivity contribution in [1.29, 1.82) is 0 Å². The van der Waals surface area contributed by atoms with Gasteiger partial charge in [-0.25, -0.2) is 0 Å². The highest BCUT2D eigenvalue weighted by molar-refractivity contribution is 5.70. The zero-order chi connectivity index (χ0) is 21.1. The standard InChI is InChI=1S/C26H29N3O/c1-19-16-21(3)25(22(4)17-19)28-13-14-29(18-28)26-20(2)8-7-10-24(26)30-15-11-23-9-5-6-12-27-23/h5-10,12-14,16-17H,11,15,18H2,1-4H3. The molecule has 2 heterocycles. The third kappa shape index (κ3) is 4.18. The summed E-state index contributed by atoms with van der Waals surface area (Å²) in [5, 5.41) is 0. The molecule has 0 bridgehead atoms. The van der Waals surface area contributed by atoms with Crippen LogP contribution in [-0.4, -0.2) is 18.3 Å². The lowest BCUT2D eigenvalue weighted by molar-refractivity contribution is 0.321. The molecular formula is C26H29N3O. The summed E-state index contributed by atoms with van der Waals surface area (Å²) in [6, 6.07) is 16.7. The Labute approximate surface area is 179 Å². The summed E-state index contributed by atoms with van der Waals surface area (Å²) in [6.07, 6.45) is 6.92. The first-order valence-corrected chi connectivity index (χ1v) is 10.4. The number of aryl methyl sites for hydroxylation is 4. The minimum atomic E-state index is 0.602. The molecule has 0 saturated heterocycles. The average molecular weight is 400 g/mol. The average Bonchev–Trinajstić information content (AvgIpc) is 3.17. The van der Waals surface area contributed by atoms with Gasteiger partial charge in [-0.1, -0.05) is 35.9 Å². The summed E-state index contributed by atoms with van der Waals surface area (Å²) in [4.78, 5) is 8.97. The van der Waals surface area contributed by atoms with E-state index in [0.29, 0.717) is 6.61 Å². The Kier molecular flexibility index (Phi) is 5.75. The van der Waals surface area contributed by atoms with Crippen molar-refractivity contribution in [3.05, 3.63) is 95.1 Å². The molecule has 4 heteroatoms. The normalized spacial score (nSPS) is 13.2. The molecule has 0 saturated carbocycles. The van der Waals surface area contributed by atoms with Crippen molar-refractivity contribution < 1.29 is 4.74 Å². The van der Waals surface area contributed by atoms with Crippen molar-refractivity contribution in [3.63, 3.8) is 0 Å². The summed E-state index contributed by atoms with van der Waals surface area (Å²) in [7, 11) is 0. The van der Waals surface area contributed by atoms with Crippen molar-refractivity contribution in [2.45, 2.75) is 34.1 Å². The first kappa shape index (κ1) is 20.0. The van der Waals surface area contributed by atoms with Gasteiger partial charge in [-0.05, 0) is 62.6 Å². The van der Waals surface area contributed by atoms with Gasteiger partial charge in [0, 0.05) is 36.4 Å². The first-order valence-electron chi connectivity index (χ1n) is 10.4. The van der Waals surface area contributed by atoms with E-state index in [1.165, 1.54) is 27.9 Å². The zero-order valence-corrected chi connectivity index (χ0v) is 18.2. The van der Waals surface area contributed by atoms with Gasteiger partial charge >= 0.3 is 0 Å². The maximum absolute atomic E-state index is 6.20. The molecule has 0 fully saturated rings. The number of anilines is 2. The summed E-state index contributed by atoms with van der Waals surface area (Å²) in [6.45, 7) is 10.0. The Morgan fingerprint density at radius 3 is 2.27 bits per heavy atom. The number of benzene rings is 2. The lowest BCUT2D eigenvalue weighted by Gasteiger charge is -2.27. The van der Waals surface area contributed by atoms with Crippen LogP contribution < -0.4 is 14.5 Å². The molecule has 30 heavy (non-hydrogen) atoms. The maximum atomic E-state index is 6.20. The van der Waals surface area contributed by atoms with E-state index in [9.17, 15) is 0 Å². The summed E-state index contributed by atoms with van der Waals surface area (Å²) in [5.41, 5.74) is 8.56. The van der Waals surface area contributed by atoms with Crippen molar-refractivity contribution in [3.8, 4) is 5.75 Å². The molecule has 2 aromatic carbocycles. The molecule has 1 aliphatic rings. The monoisotopic (exact) mass is 399 g/mol. The molecule has 0 N–H and O–H groups in total. The number of hydrogen-bond acceptors (Lipinski definition) is 4. The highest BCUT2D eigenvalue weighted by Gasteiger charge is 2.22. The van der Waals surface area contributed by atoms with Gasteiger partial charge in [0.2, 0.25) is 0 Å². The Balaban J connectivity index is 1.52. The number of rotatable bonds is 6. The van der Waals surface area contributed by atoms with Crippen molar-refractivity contribution >= 4 is 11.4 Å². The van der Waals surface area contributed by atoms with Crippen LogP contribution in [0.4, 0.5) is 11.4 Å². The highest BCUT2D eigenvalue weighted by atomic mass is 16.5. The third-order valence-electron chi connectivity index (χ3n) is 5.48. The molecule has 154 valence electrons. The number of para-hydroxylation sites is 1. The molecular weight excluding hydrogens is 370 g/mol. The molecule has 4 rings (SSSR count). The van der Waals surface area contributed by atoms with Crippen LogP contribution in [-0.2, 0) is 6.42 Å². The van der Waals surface area contributed by atoms with Crippen molar-refractivity contribution in [2.24, 2.45) is 0 Å². The molecule has 1 aromatic heterocycles. The molecule has 0 spiro atoms. The second-order valence-electron chi connectivity index (χ2n) is 7.97. The Morgan fingerprint density at radius 2 is 1.57 bits per heavy atom. The van der Waals surface area contributed by atoms with Gasteiger partial charge in [-0.3, -0.25) is 4.98 Å². The number of hydrogen-bond donors (Lipinski definition) is 0. The highest BCUT2D eigenvalue weighted by Crippen LogP contribution is 2.36. The van der Waals surface area contributed by atoms with Crippen LogP contribution in [0.25, 0.3) is 0 Å². The van der Waals surface area contributed by atoms with E-state index in [-0.39, 0.29) is 0 Å². The van der Waals surface area contributed by atoms with Gasteiger partial charge < -0.3 is 14.5 Å². The van der Waals surface area contributed by atoms with Crippen LogP contribution in [0, 0.1) is 27.7 Å². The predicted octanol–water partition coefficient (Wildman–Crippen LogP) is 5.69. The second-order valence-corrected chi connectivity index (χ2v) is 7.97. The number of pyridine rings is 1.